The molecule has 1 unspecified atom stereocenters. The van der Waals surface area contributed by atoms with Gasteiger partial charge in [-0.05, 0) is 30.0 Å². The number of nitrogen functional groups attached to an aromatic ring is 1. The molecular weight excluding hydrogens is 262 g/mol. The molecule has 0 aromatic carbocycles. The van der Waals surface area contributed by atoms with Crippen LogP contribution in [-0.4, -0.2) is 19.9 Å². The van der Waals surface area contributed by atoms with Gasteiger partial charge < -0.3 is 5.73 Å². The second-order valence-electron chi connectivity index (χ2n) is 5.10. The minimum Gasteiger partial charge on any atom is -0.383 e. The minimum atomic E-state index is 0.374. The lowest BCUT2D eigenvalue weighted by Crippen LogP contribution is -2.03. The molecule has 1 atom stereocenters. The second-order valence-corrected chi connectivity index (χ2v) is 5.10. The molecule has 0 aliphatic carbocycles. The molecule has 0 saturated heterocycles. The van der Waals surface area contributed by atoms with E-state index < -0.39 is 0 Å². The minimum absolute atomic E-state index is 0.374. The molecule has 5 heteroatoms. The van der Waals surface area contributed by atoms with Crippen molar-refractivity contribution in [2.75, 3.05) is 5.73 Å². The van der Waals surface area contributed by atoms with Gasteiger partial charge in [0, 0.05) is 29.5 Å². The zero-order valence-corrected chi connectivity index (χ0v) is 12.1. The van der Waals surface area contributed by atoms with E-state index >= 15 is 0 Å². The van der Waals surface area contributed by atoms with Crippen molar-refractivity contribution in [1.82, 2.24) is 19.9 Å². The van der Waals surface area contributed by atoms with E-state index in [4.69, 9.17) is 5.73 Å². The number of pyridine rings is 2. The monoisotopic (exact) mass is 279 g/mol. The first-order valence-corrected chi connectivity index (χ1v) is 7.02. The van der Waals surface area contributed by atoms with E-state index in [-0.39, 0.29) is 0 Å². The molecule has 0 amide bonds. The Kier molecular flexibility index (Phi) is 3.48. The number of hydrogen-bond donors (Lipinski definition) is 1. The number of hydrogen-bond acceptors (Lipinski definition) is 5. The molecule has 3 heterocycles. The maximum Gasteiger partial charge on any atom is 0.162 e. The highest BCUT2D eigenvalue weighted by Gasteiger charge is 2.14. The lowest BCUT2D eigenvalue weighted by atomic mass is 9.97. The van der Waals surface area contributed by atoms with Crippen molar-refractivity contribution in [1.29, 1.82) is 0 Å². The number of fused-ring (bicyclic) bond motifs is 1. The van der Waals surface area contributed by atoms with E-state index in [9.17, 15) is 0 Å². The van der Waals surface area contributed by atoms with Gasteiger partial charge in [0.05, 0.1) is 11.7 Å². The first kappa shape index (κ1) is 13.4. The van der Waals surface area contributed by atoms with Crippen molar-refractivity contribution in [3.05, 3.63) is 42.5 Å². The third-order valence-corrected chi connectivity index (χ3v) is 3.75. The summed E-state index contributed by atoms with van der Waals surface area (Å²) in [6.45, 7) is 4.30. The molecule has 106 valence electrons. The number of aromatic nitrogens is 4. The standard InChI is InChI=1S/C16H17N5/c1-3-10(2)12-8-19-9-13-14(12)15(17)21-16(20-13)11-4-6-18-7-5-11/h4-10H,3H2,1-2H3,(H2,17,20,21). The van der Waals surface area contributed by atoms with Gasteiger partial charge in [0.15, 0.2) is 5.82 Å². The van der Waals surface area contributed by atoms with Gasteiger partial charge in [0.25, 0.3) is 0 Å². The lowest BCUT2D eigenvalue weighted by molar-refractivity contribution is 0.736. The Morgan fingerprint density at radius 3 is 2.57 bits per heavy atom. The van der Waals surface area contributed by atoms with Gasteiger partial charge in [-0.15, -0.1) is 0 Å². The topological polar surface area (TPSA) is 77.6 Å². The van der Waals surface area contributed by atoms with Crippen molar-refractivity contribution in [3.63, 3.8) is 0 Å². The summed E-state index contributed by atoms with van der Waals surface area (Å²) in [6, 6.07) is 3.74. The van der Waals surface area contributed by atoms with Crippen LogP contribution in [0.4, 0.5) is 5.82 Å². The van der Waals surface area contributed by atoms with Crippen LogP contribution in [0, 0.1) is 0 Å². The molecule has 0 fully saturated rings. The van der Waals surface area contributed by atoms with Gasteiger partial charge in [-0.25, -0.2) is 9.97 Å². The maximum atomic E-state index is 6.19. The Bertz CT molecular complexity index is 770. The van der Waals surface area contributed by atoms with Gasteiger partial charge >= 0.3 is 0 Å². The molecule has 3 aromatic heterocycles. The van der Waals surface area contributed by atoms with Crippen LogP contribution >= 0.6 is 0 Å². The van der Waals surface area contributed by atoms with E-state index in [1.165, 1.54) is 0 Å². The van der Waals surface area contributed by atoms with Crippen LogP contribution in [0.3, 0.4) is 0 Å². The van der Waals surface area contributed by atoms with Crippen LogP contribution in [0.2, 0.25) is 0 Å². The van der Waals surface area contributed by atoms with Crippen LogP contribution < -0.4 is 5.73 Å². The highest BCUT2D eigenvalue weighted by atomic mass is 15.0. The average molecular weight is 279 g/mol. The zero-order chi connectivity index (χ0) is 14.8. The van der Waals surface area contributed by atoms with Crippen molar-refractivity contribution < 1.29 is 0 Å². The highest BCUT2D eigenvalue weighted by molar-refractivity contribution is 5.92. The quantitative estimate of drug-likeness (QED) is 0.796. The Balaban J connectivity index is 2.23. The van der Waals surface area contributed by atoms with Gasteiger partial charge in [-0.1, -0.05) is 13.8 Å². The maximum absolute atomic E-state index is 6.19. The van der Waals surface area contributed by atoms with Gasteiger partial charge in [0.2, 0.25) is 0 Å². The third-order valence-electron chi connectivity index (χ3n) is 3.75. The first-order chi connectivity index (χ1) is 10.2. The molecule has 21 heavy (non-hydrogen) atoms. The summed E-state index contributed by atoms with van der Waals surface area (Å²) in [7, 11) is 0. The molecule has 0 bridgehead atoms. The van der Waals surface area contributed by atoms with Gasteiger partial charge in [-0.2, -0.15) is 0 Å². The molecule has 3 aromatic rings. The van der Waals surface area contributed by atoms with Crippen molar-refractivity contribution in [3.8, 4) is 11.4 Å². The Morgan fingerprint density at radius 1 is 1.10 bits per heavy atom. The third kappa shape index (κ3) is 2.42. The fourth-order valence-electron chi connectivity index (χ4n) is 2.36. The van der Waals surface area contributed by atoms with Crippen molar-refractivity contribution in [2.45, 2.75) is 26.2 Å². The molecule has 0 radical (unpaired) electrons. The number of nitrogens with zero attached hydrogens (tertiary/aromatic N) is 4. The summed E-state index contributed by atoms with van der Waals surface area (Å²) in [5.41, 5.74) is 8.98. The van der Waals surface area contributed by atoms with Crippen molar-refractivity contribution in [2.24, 2.45) is 0 Å². The summed E-state index contributed by atoms with van der Waals surface area (Å²) in [5.74, 6) is 1.48. The smallest absolute Gasteiger partial charge is 0.162 e. The van der Waals surface area contributed by atoms with Gasteiger partial charge in [-0.3, -0.25) is 9.97 Å². The average Bonchev–Trinajstić information content (AvgIpc) is 2.54. The molecule has 3 rings (SSSR count). The summed E-state index contributed by atoms with van der Waals surface area (Å²) in [6.07, 6.45) is 8.05. The lowest BCUT2D eigenvalue weighted by Gasteiger charge is -2.13. The number of anilines is 1. The SMILES string of the molecule is CCC(C)c1cncc2nc(-c3ccncc3)nc(N)c12. The van der Waals surface area contributed by atoms with Gasteiger partial charge in [0.1, 0.15) is 5.82 Å². The second kappa shape index (κ2) is 5.44. The van der Waals surface area contributed by atoms with E-state index in [1.54, 1.807) is 18.6 Å². The molecule has 0 aliphatic rings. The van der Waals surface area contributed by atoms with Crippen LogP contribution in [-0.2, 0) is 0 Å². The van der Waals surface area contributed by atoms with E-state index in [0.717, 1.165) is 28.5 Å². The van der Waals surface area contributed by atoms with E-state index in [2.05, 4.69) is 33.8 Å². The predicted octanol–water partition coefficient (Wildman–Crippen LogP) is 3.18. The van der Waals surface area contributed by atoms with Crippen LogP contribution in [0.25, 0.3) is 22.3 Å². The Hall–Kier alpha value is -2.56. The fraction of sp³-hybridized carbons (Fsp3) is 0.250. The van der Waals surface area contributed by atoms with E-state index in [1.807, 2.05) is 18.3 Å². The largest absolute Gasteiger partial charge is 0.383 e. The molecule has 2 N–H and O–H groups in total. The summed E-state index contributed by atoms with van der Waals surface area (Å²) in [4.78, 5) is 17.4. The molecule has 0 saturated carbocycles. The number of rotatable bonds is 3. The summed E-state index contributed by atoms with van der Waals surface area (Å²) >= 11 is 0. The van der Waals surface area contributed by atoms with Crippen LogP contribution in [0.15, 0.2) is 36.9 Å². The Morgan fingerprint density at radius 2 is 1.86 bits per heavy atom. The first-order valence-electron chi connectivity index (χ1n) is 7.02. The highest BCUT2D eigenvalue weighted by Crippen LogP contribution is 2.30. The predicted molar refractivity (Wildman–Crippen MR) is 83.7 cm³/mol. The molecule has 0 aliphatic heterocycles. The molecular formula is C16H17N5. The molecule has 5 nitrogen and oxygen atoms in total. The summed E-state index contributed by atoms with van der Waals surface area (Å²) in [5, 5.41) is 0.914. The number of nitrogens with two attached hydrogens (primary N) is 1. The summed E-state index contributed by atoms with van der Waals surface area (Å²) < 4.78 is 0. The zero-order valence-electron chi connectivity index (χ0n) is 12.1. The Labute approximate surface area is 123 Å². The normalized spacial score (nSPS) is 12.5. The van der Waals surface area contributed by atoms with E-state index in [0.29, 0.717) is 17.6 Å². The fourth-order valence-corrected chi connectivity index (χ4v) is 2.36. The molecule has 0 spiro atoms. The van der Waals surface area contributed by atoms with Crippen molar-refractivity contribution >= 4 is 16.7 Å². The van der Waals surface area contributed by atoms with Crippen LogP contribution in [0.1, 0.15) is 31.7 Å². The van der Waals surface area contributed by atoms with Crippen LogP contribution in [0.5, 0.6) is 0 Å².